The zero-order valence-corrected chi connectivity index (χ0v) is 18.1. The highest BCUT2D eigenvalue weighted by atomic mass is 35.5. The van der Waals surface area contributed by atoms with Crippen LogP contribution >= 0.6 is 34.8 Å². The van der Waals surface area contributed by atoms with Gasteiger partial charge in [0.05, 0.1) is 15.7 Å². The van der Waals surface area contributed by atoms with Gasteiger partial charge in [-0.2, -0.15) is 5.10 Å². The second-order valence-electron chi connectivity index (χ2n) is 6.50. The fourth-order valence-corrected chi connectivity index (χ4v) is 3.27. The highest BCUT2D eigenvalue weighted by Crippen LogP contribution is 2.28. The maximum Gasteiger partial charge on any atom is 0.251 e. The molecule has 1 amide bonds. The monoisotopic (exact) mass is 451 g/mol. The van der Waals surface area contributed by atoms with Crippen LogP contribution in [-0.2, 0) is 13.2 Å². The standard InChI is InChI=1S/C21H20Cl3N3O2/c1-14-19(24)12-27(26-14)10-2-9-25-21(28)16-5-3-15(4-6-16)13-29-20-8-7-17(22)11-18(20)23/h3-8,11-12H,2,9-10,13H2,1H3,(H,25,28). The lowest BCUT2D eigenvalue weighted by atomic mass is 10.1. The molecule has 0 aliphatic carbocycles. The molecular weight excluding hydrogens is 433 g/mol. The van der Waals surface area contributed by atoms with Crippen molar-refractivity contribution in [3.8, 4) is 5.75 Å². The zero-order chi connectivity index (χ0) is 20.8. The number of rotatable bonds is 8. The molecule has 0 fully saturated rings. The minimum Gasteiger partial charge on any atom is -0.487 e. The molecule has 0 saturated heterocycles. The number of carbonyl (C=O) groups excluding carboxylic acids is 1. The number of ether oxygens (including phenoxy) is 1. The number of halogens is 3. The molecular formula is C21H20Cl3N3O2. The zero-order valence-electron chi connectivity index (χ0n) is 15.8. The van der Waals surface area contributed by atoms with Crippen LogP contribution in [0.3, 0.4) is 0 Å². The molecule has 1 heterocycles. The highest BCUT2D eigenvalue weighted by Gasteiger charge is 2.07. The summed E-state index contributed by atoms with van der Waals surface area (Å²) in [5, 5.41) is 8.86. The van der Waals surface area contributed by atoms with E-state index in [4.69, 9.17) is 39.5 Å². The first-order valence-electron chi connectivity index (χ1n) is 9.07. The Labute approximate surface area is 184 Å². The summed E-state index contributed by atoms with van der Waals surface area (Å²) in [6.07, 6.45) is 2.55. The highest BCUT2D eigenvalue weighted by molar-refractivity contribution is 6.35. The van der Waals surface area contributed by atoms with Gasteiger partial charge in [-0.1, -0.05) is 46.9 Å². The number of hydrogen-bond acceptors (Lipinski definition) is 3. The van der Waals surface area contributed by atoms with Gasteiger partial charge in [-0.3, -0.25) is 9.48 Å². The van der Waals surface area contributed by atoms with Crippen molar-refractivity contribution < 1.29 is 9.53 Å². The van der Waals surface area contributed by atoms with E-state index in [9.17, 15) is 4.79 Å². The number of hydrogen-bond donors (Lipinski definition) is 1. The number of benzene rings is 2. The molecule has 0 aliphatic rings. The Hall–Kier alpha value is -2.21. The van der Waals surface area contributed by atoms with Gasteiger partial charge < -0.3 is 10.1 Å². The minimum absolute atomic E-state index is 0.118. The van der Waals surface area contributed by atoms with Gasteiger partial charge in [0.15, 0.2) is 0 Å². The second kappa shape index (κ2) is 10.0. The molecule has 0 spiro atoms. The van der Waals surface area contributed by atoms with Crippen molar-refractivity contribution in [2.75, 3.05) is 6.54 Å². The number of aryl methyl sites for hydroxylation is 2. The van der Waals surface area contributed by atoms with Crippen LogP contribution in [0.5, 0.6) is 5.75 Å². The average Bonchev–Trinajstić information content (AvgIpc) is 3.02. The Bertz CT molecular complexity index is 968. The first-order valence-corrected chi connectivity index (χ1v) is 10.2. The smallest absolute Gasteiger partial charge is 0.251 e. The van der Waals surface area contributed by atoms with Gasteiger partial charge in [0.25, 0.3) is 5.91 Å². The van der Waals surface area contributed by atoms with E-state index in [1.54, 1.807) is 41.2 Å². The minimum atomic E-state index is -0.118. The third-order valence-electron chi connectivity index (χ3n) is 4.24. The van der Waals surface area contributed by atoms with Gasteiger partial charge >= 0.3 is 0 Å². The Kier molecular flexibility index (Phi) is 7.42. The Morgan fingerprint density at radius 1 is 1.10 bits per heavy atom. The van der Waals surface area contributed by atoms with Gasteiger partial charge in [-0.25, -0.2) is 0 Å². The Morgan fingerprint density at radius 2 is 1.86 bits per heavy atom. The molecule has 3 rings (SSSR count). The molecule has 0 atom stereocenters. The summed E-state index contributed by atoms with van der Waals surface area (Å²) in [7, 11) is 0. The second-order valence-corrected chi connectivity index (χ2v) is 7.75. The molecule has 2 aromatic carbocycles. The summed E-state index contributed by atoms with van der Waals surface area (Å²) in [6, 6.07) is 12.3. The summed E-state index contributed by atoms with van der Waals surface area (Å²) in [5.74, 6) is 0.444. The molecule has 0 saturated carbocycles. The van der Waals surface area contributed by atoms with Gasteiger partial charge in [-0.05, 0) is 49.2 Å². The molecule has 0 unspecified atom stereocenters. The van der Waals surface area contributed by atoms with E-state index >= 15 is 0 Å². The van der Waals surface area contributed by atoms with Crippen molar-refractivity contribution in [2.45, 2.75) is 26.5 Å². The van der Waals surface area contributed by atoms with Gasteiger partial charge in [0.2, 0.25) is 0 Å². The fraction of sp³-hybridized carbons (Fsp3) is 0.238. The van der Waals surface area contributed by atoms with E-state index < -0.39 is 0 Å². The van der Waals surface area contributed by atoms with Crippen LogP contribution in [0.1, 0.15) is 28.0 Å². The molecule has 1 aromatic heterocycles. The van der Waals surface area contributed by atoms with Crippen LogP contribution in [0.25, 0.3) is 0 Å². The van der Waals surface area contributed by atoms with E-state index in [1.807, 2.05) is 19.1 Å². The maximum absolute atomic E-state index is 12.3. The van der Waals surface area contributed by atoms with Crippen LogP contribution in [0.15, 0.2) is 48.7 Å². The van der Waals surface area contributed by atoms with Crippen LogP contribution in [-0.4, -0.2) is 22.2 Å². The predicted octanol–water partition coefficient (Wildman–Crippen LogP) is 5.55. The molecule has 3 aromatic rings. The summed E-state index contributed by atoms with van der Waals surface area (Å²) >= 11 is 18.0. The number of nitrogens with one attached hydrogen (secondary N) is 1. The SMILES string of the molecule is Cc1nn(CCCNC(=O)c2ccc(COc3ccc(Cl)cc3Cl)cc2)cc1Cl. The molecule has 0 radical (unpaired) electrons. The quantitative estimate of drug-likeness (QED) is 0.456. The van der Waals surface area contributed by atoms with E-state index in [0.29, 0.717) is 46.1 Å². The first-order chi connectivity index (χ1) is 13.9. The third kappa shape index (κ3) is 6.13. The summed E-state index contributed by atoms with van der Waals surface area (Å²) in [4.78, 5) is 12.3. The average molecular weight is 453 g/mol. The van der Waals surface area contributed by atoms with Crippen molar-refractivity contribution >= 4 is 40.7 Å². The summed E-state index contributed by atoms with van der Waals surface area (Å²) in [6.45, 7) is 3.45. The first kappa shape index (κ1) is 21.5. The van der Waals surface area contributed by atoms with Crippen LogP contribution in [0, 0.1) is 6.92 Å². The van der Waals surface area contributed by atoms with Gasteiger partial charge in [0, 0.05) is 29.9 Å². The van der Waals surface area contributed by atoms with E-state index in [-0.39, 0.29) is 5.91 Å². The van der Waals surface area contributed by atoms with E-state index in [1.165, 1.54) is 0 Å². The van der Waals surface area contributed by atoms with E-state index in [2.05, 4.69) is 10.4 Å². The molecule has 152 valence electrons. The normalized spacial score (nSPS) is 10.8. The topological polar surface area (TPSA) is 56.2 Å². The van der Waals surface area contributed by atoms with Gasteiger partial charge in [0.1, 0.15) is 12.4 Å². The molecule has 0 bridgehead atoms. The summed E-state index contributed by atoms with van der Waals surface area (Å²) in [5.41, 5.74) is 2.33. The fourth-order valence-electron chi connectivity index (χ4n) is 2.66. The van der Waals surface area contributed by atoms with Crippen molar-refractivity contribution in [3.63, 3.8) is 0 Å². The molecule has 1 N–H and O–H groups in total. The molecule has 8 heteroatoms. The van der Waals surface area contributed by atoms with Crippen LogP contribution in [0.2, 0.25) is 15.1 Å². The molecule has 29 heavy (non-hydrogen) atoms. The lowest BCUT2D eigenvalue weighted by Crippen LogP contribution is -2.25. The van der Waals surface area contributed by atoms with Crippen molar-refractivity contribution in [1.29, 1.82) is 0 Å². The van der Waals surface area contributed by atoms with Gasteiger partial charge in [-0.15, -0.1) is 0 Å². The molecule has 5 nitrogen and oxygen atoms in total. The van der Waals surface area contributed by atoms with Crippen LogP contribution < -0.4 is 10.1 Å². The number of nitrogens with zero attached hydrogens (tertiary/aromatic N) is 2. The summed E-state index contributed by atoms with van der Waals surface area (Å²) < 4.78 is 7.48. The Balaban J connectivity index is 1.44. The van der Waals surface area contributed by atoms with Crippen LogP contribution in [0.4, 0.5) is 0 Å². The van der Waals surface area contributed by atoms with Crippen molar-refractivity contribution in [1.82, 2.24) is 15.1 Å². The lowest BCUT2D eigenvalue weighted by Gasteiger charge is -2.09. The van der Waals surface area contributed by atoms with E-state index in [0.717, 1.165) is 17.7 Å². The van der Waals surface area contributed by atoms with Crippen molar-refractivity contribution in [2.24, 2.45) is 0 Å². The maximum atomic E-state index is 12.3. The lowest BCUT2D eigenvalue weighted by molar-refractivity contribution is 0.0952. The third-order valence-corrected chi connectivity index (χ3v) is 5.14. The largest absolute Gasteiger partial charge is 0.487 e. The number of aromatic nitrogens is 2. The number of amides is 1. The number of carbonyl (C=O) groups is 1. The van der Waals surface area contributed by atoms with Crippen molar-refractivity contribution in [3.05, 3.63) is 80.6 Å². The Morgan fingerprint density at radius 3 is 2.52 bits per heavy atom. The predicted molar refractivity (Wildman–Crippen MR) is 116 cm³/mol. The molecule has 0 aliphatic heterocycles.